The molecule has 0 bridgehead atoms. The van der Waals surface area contributed by atoms with Crippen molar-refractivity contribution in [2.24, 2.45) is 11.8 Å². The Bertz CT molecular complexity index is 628. The summed E-state index contributed by atoms with van der Waals surface area (Å²) in [5.74, 6) is -0.786. The summed E-state index contributed by atoms with van der Waals surface area (Å²) in [6, 6.07) is 1.15. The van der Waals surface area contributed by atoms with Gasteiger partial charge < -0.3 is 15.3 Å². The molecule has 0 radical (unpaired) electrons. The van der Waals surface area contributed by atoms with Crippen LogP contribution in [0.1, 0.15) is 62.4 Å². The van der Waals surface area contributed by atoms with Gasteiger partial charge in [0, 0.05) is 17.5 Å². The Morgan fingerprint density at radius 1 is 1.23 bits per heavy atom. The molecule has 0 spiro atoms. The van der Waals surface area contributed by atoms with Crippen molar-refractivity contribution in [1.82, 2.24) is 0 Å². The van der Waals surface area contributed by atoms with E-state index in [9.17, 15) is 20.1 Å². The number of hydrogen-bond acceptors (Lipinski definition) is 4. The van der Waals surface area contributed by atoms with E-state index in [1.54, 1.807) is 0 Å². The average molecular weight is 304 g/mol. The van der Waals surface area contributed by atoms with Gasteiger partial charge in [-0.25, -0.2) is 0 Å². The summed E-state index contributed by atoms with van der Waals surface area (Å²) in [5.41, 5.74) is 1.44. The predicted octanol–water partition coefficient (Wildman–Crippen LogP) is 4.10. The van der Waals surface area contributed by atoms with Crippen molar-refractivity contribution in [2.75, 3.05) is 0 Å². The van der Waals surface area contributed by atoms with Crippen LogP contribution in [-0.2, 0) is 0 Å². The summed E-state index contributed by atoms with van der Waals surface area (Å²) in [4.78, 5) is 11.7. The fourth-order valence-electron chi connectivity index (χ4n) is 3.47. The maximum atomic E-state index is 11.7. The predicted molar refractivity (Wildman–Crippen MR) is 85.5 cm³/mol. The number of ketones is 1. The summed E-state index contributed by atoms with van der Waals surface area (Å²) in [6.45, 7) is 7.56. The van der Waals surface area contributed by atoms with Gasteiger partial charge >= 0.3 is 0 Å². The zero-order valence-corrected chi connectivity index (χ0v) is 13.6. The van der Waals surface area contributed by atoms with Crippen molar-refractivity contribution in [2.45, 2.75) is 46.5 Å². The van der Waals surface area contributed by atoms with Gasteiger partial charge in [-0.15, -0.1) is 0 Å². The topological polar surface area (TPSA) is 77.8 Å². The number of phenolic OH excluding ortho intramolecular Hbond substituents is 3. The van der Waals surface area contributed by atoms with Gasteiger partial charge in [0.25, 0.3) is 0 Å². The van der Waals surface area contributed by atoms with Gasteiger partial charge in [-0.3, -0.25) is 4.79 Å². The van der Waals surface area contributed by atoms with Crippen LogP contribution >= 0.6 is 0 Å². The number of phenols is 3. The number of allylic oxidation sites excluding steroid dienone is 2. The fourth-order valence-corrected chi connectivity index (χ4v) is 3.47. The average Bonchev–Trinajstić information content (AvgIpc) is 2.36. The maximum absolute atomic E-state index is 11.7. The van der Waals surface area contributed by atoms with Crippen LogP contribution in [0.2, 0.25) is 0 Å². The second kappa shape index (κ2) is 6.03. The minimum absolute atomic E-state index is 0.119. The Kier molecular flexibility index (Phi) is 4.50. The van der Waals surface area contributed by atoms with Crippen LogP contribution < -0.4 is 0 Å². The van der Waals surface area contributed by atoms with E-state index >= 15 is 0 Å². The Balaban J connectivity index is 2.66. The summed E-state index contributed by atoms with van der Waals surface area (Å²) in [6.07, 6.45) is 4.03. The molecule has 0 amide bonds. The molecule has 4 nitrogen and oxygen atoms in total. The molecule has 4 heteroatoms. The molecule has 0 aromatic heterocycles. The lowest BCUT2D eigenvalue weighted by atomic mass is 9.71. The molecule has 0 saturated carbocycles. The Morgan fingerprint density at radius 3 is 2.41 bits per heavy atom. The Hall–Kier alpha value is -1.97. The summed E-state index contributed by atoms with van der Waals surface area (Å²) >= 11 is 0. The van der Waals surface area contributed by atoms with E-state index in [0.29, 0.717) is 11.5 Å². The first-order valence-electron chi connectivity index (χ1n) is 7.70. The van der Waals surface area contributed by atoms with E-state index in [4.69, 9.17) is 0 Å². The van der Waals surface area contributed by atoms with Crippen LogP contribution in [0.4, 0.5) is 0 Å². The third-order valence-electron chi connectivity index (χ3n) is 4.64. The van der Waals surface area contributed by atoms with Gasteiger partial charge in [0.1, 0.15) is 22.8 Å². The number of carbonyl (C=O) groups excluding carboxylic acids is 1. The smallest absolute Gasteiger partial charge is 0.167 e. The minimum atomic E-state index is -0.422. The third-order valence-corrected chi connectivity index (χ3v) is 4.64. The van der Waals surface area contributed by atoms with E-state index in [1.165, 1.54) is 12.5 Å². The van der Waals surface area contributed by atoms with Crippen LogP contribution in [0.25, 0.3) is 0 Å². The van der Waals surface area contributed by atoms with Gasteiger partial charge in [-0.2, -0.15) is 0 Å². The van der Waals surface area contributed by atoms with Crippen LogP contribution in [0.3, 0.4) is 0 Å². The third kappa shape index (κ3) is 2.82. The lowest BCUT2D eigenvalue weighted by Crippen LogP contribution is -2.21. The molecule has 0 fully saturated rings. The van der Waals surface area contributed by atoms with Crippen molar-refractivity contribution >= 4 is 5.78 Å². The summed E-state index contributed by atoms with van der Waals surface area (Å²) in [7, 11) is 0. The normalized spacial score (nSPS) is 21.8. The second-order valence-corrected chi connectivity index (χ2v) is 6.59. The van der Waals surface area contributed by atoms with Crippen molar-refractivity contribution < 1.29 is 20.1 Å². The number of hydrogen-bond donors (Lipinski definition) is 3. The molecule has 2 atom stereocenters. The number of carbonyl (C=O) groups is 1. The molecule has 22 heavy (non-hydrogen) atoms. The van der Waals surface area contributed by atoms with Crippen LogP contribution in [0.5, 0.6) is 17.2 Å². The lowest BCUT2D eigenvalue weighted by Gasteiger charge is -2.34. The highest BCUT2D eigenvalue weighted by Gasteiger charge is 2.33. The van der Waals surface area contributed by atoms with Gasteiger partial charge in [0.2, 0.25) is 0 Å². The first-order chi connectivity index (χ1) is 10.2. The standard InChI is InChI=1S/C18H24O4/c1-9(2)12-6-5-10(3)7-13(12)17-15(21)8-14(20)16(11(4)19)18(17)22/h7-9,12-13,20-22H,5-6H2,1-4H3. The summed E-state index contributed by atoms with van der Waals surface area (Å²) < 4.78 is 0. The van der Waals surface area contributed by atoms with Gasteiger partial charge in [-0.1, -0.05) is 25.5 Å². The number of rotatable bonds is 3. The monoisotopic (exact) mass is 304 g/mol. The van der Waals surface area contributed by atoms with E-state index in [0.717, 1.165) is 18.9 Å². The van der Waals surface area contributed by atoms with Gasteiger partial charge in [-0.05, 0) is 38.5 Å². The lowest BCUT2D eigenvalue weighted by molar-refractivity contribution is 0.101. The molecular formula is C18H24O4. The minimum Gasteiger partial charge on any atom is -0.507 e. The highest BCUT2D eigenvalue weighted by molar-refractivity contribution is 6.00. The second-order valence-electron chi connectivity index (χ2n) is 6.59. The van der Waals surface area contributed by atoms with E-state index in [-0.39, 0.29) is 34.6 Å². The van der Waals surface area contributed by atoms with Gasteiger partial charge in [0.05, 0.1) is 0 Å². The molecule has 1 aromatic rings. The van der Waals surface area contributed by atoms with Crippen LogP contribution in [0.15, 0.2) is 17.7 Å². The first kappa shape index (κ1) is 16.4. The molecule has 2 rings (SSSR count). The van der Waals surface area contributed by atoms with Crippen LogP contribution in [-0.4, -0.2) is 21.1 Å². The summed E-state index contributed by atoms with van der Waals surface area (Å²) in [5, 5.41) is 30.6. The molecule has 1 aliphatic rings. The molecule has 0 aliphatic heterocycles. The number of aromatic hydroxyl groups is 3. The molecule has 2 unspecified atom stereocenters. The quantitative estimate of drug-likeness (QED) is 0.580. The van der Waals surface area contributed by atoms with E-state index < -0.39 is 5.78 Å². The molecule has 0 heterocycles. The fraction of sp³-hybridized carbons (Fsp3) is 0.500. The maximum Gasteiger partial charge on any atom is 0.167 e. The highest BCUT2D eigenvalue weighted by Crippen LogP contribution is 2.49. The molecule has 1 aliphatic carbocycles. The molecule has 1 aromatic carbocycles. The van der Waals surface area contributed by atoms with E-state index in [1.807, 2.05) is 6.92 Å². The number of benzene rings is 1. The number of Topliss-reactive ketones (excluding diaryl/α,β-unsaturated/α-hetero) is 1. The Morgan fingerprint density at radius 2 is 1.86 bits per heavy atom. The zero-order chi connectivity index (χ0) is 16.6. The molecule has 0 saturated heterocycles. The first-order valence-corrected chi connectivity index (χ1v) is 7.70. The van der Waals surface area contributed by atoms with Crippen molar-refractivity contribution in [1.29, 1.82) is 0 Å². The SMILES string of the molecule is CC(=O)c1c(O)cc(O)c(C2C=C(C)CCC2C(C)C)c1O. The highest BCUT2D eigenvalue weighted by atomic mass is 16.3. The molecular weight excluding hydrogens is 280 g/mol. The Labute approximate surface area is 131 Å². The van der Waals surface area contributed by atoms with E-state index in [2.05, 4.69) is 19.9 Å². The van der Waals surface area contributed by atoms with Crippen molar-refractivity contribution in [3.8, 4) is 17.2 Å². The van der Waals surface area contributed by atoms with Crippen molar-refractivity contribution in [3.63, 3.8) is 0 Å². The molecule has 120 valence electrons. The van der Waals surface area contributed by atoms with Crippen LogP contribution in [0, 0.1) is 11.8 Å². The zero-order valence-electron chi connectivity index (χ0n) is 13.6. The largest absolute Gasteiger partial charge is 0.507 e. The van der Waals surface area contributed by atoms with Gasteiger partial charge in [0.15, 0.2) is 5.78 Å². The van der Waals surface area contributed by atoms with Crippen molar-refractivity contribution in [3.05, 3.63) is 28.8 Å². The molecule has 3 N–H and O–H groups in total.